The monoisotopic (exact) mass is 500 g/mol. The van der Waals surface area contributed by atoms with Gasteiger partial charge in [-0.1, -0.05) is 39.9 Å². The highest BCUT2D eigenvalue weighted by Gasteiger charge is 2.43. The van der Waals surface area contributed by atoms with Crippen molar-refractivity contribution in [3.05, 3.63) is 38.2 Å². The molecule has 0 bridgehead atoms. The van der Waals surface area contributed by atoms with E-state index >= 15 is 0 Å². The molecule has 1 unspecified atom stereocenters. The van der Waals surface area contributed by atoms with Gasteiger partial charge in [0.05, 0.1) is 10.9 Å². The molecule has 1 aliphatic heterocycles. The summed E-state index contributed by atoms with van der Waals surface area (Å²) in [6.07, 6.45) is 5.40. The van der Waals surface area contributed by atoms with E-state index in [0.29, 0.717) is 24.0 Å². The van der Waals surface area contributed by atoms with E-state index in [4.69, 9.17) is 9.15 Å². The zero-order chi connectivity index (χ0) is 20.6. The van der Waals surface area contributed by atoms with Gasteiger partial charge in [-0.3, -0.25) is 4.79 Å². The molecule has 0 fully saturated rings. The first-order chi connectivity index (χ1) is 12.4. The fraction of sp³-hybridized carbons (Fsp3) is 0.524. The molecule has 0 saturated heterocycles. The highest BCUT2D eigenvalue weighted by molar-refractivity contribution is 14.1. The molecule has 148 valence electrons. The van der Waals surface area contributed by atoms with Crippen molar-refractivity contribution in [2.24, 2.45) is 0 Å². The number of allylic oxidation sites excluding steroid dienone is 2. The van der Waals surface area contributed by atoms with Gasteiger partial charge in [0, 0.05) is 28.2 Å². The SMILES string of the molecule is C/C(C=O)=C\CCC1=CC(c2c(I)oc([Si](C)(C)C(C)(C)C)c2C)OC1=O. The number of ether oxygens (including phenoxy) is 1. The Balaban J connectivity index is 2.32. The Morgan fingerprint density at radius 1 is 1.33 bits per heavy atom. The summed E-state index contributed by atoms with van der Waals surface area (Å²) >= 11 is 2.21. The number of halogens is 1. The molecule has 1 aromatic heterocycles. The Bertz CT molecular complexity index is 809. The lowest BCUT2D eigenvalue weighted by Crippen LogP contribution is -2.50. The number of furan rings is 1. The molecule has 0 aliphatic carbocycles. The third kappa shape index (κ3) is 4.47. The van der Waals surface area contributed by atoms with Crippen molar-refractivity contribution in [3.8, 4) is 0 Å². The second kappa shape index (κ2) is 8.07. The van der Waals surface area contributed by atoms with Crippen LogP contribution in [-0.4, -0.2) is 20.3 Å². The molecule has 27 heavy (non-hydrogen) atoms. The highest BCUT2D eigenvalue weighted by Crippen LogP contribution is 2.40. The number of carbonyl (C=O) groups excluding carboxylic acids is 2. The number of esters is 1. The van der Waals surface area contributed by atoms with Gasteiger partial charge in [0.15, 0.2) is 9.87 Å². The molecule has 1 aromatic rings. The molecule has 2 heterocycles. The largest absolute Gasteiger partial charge is 0.460 e. The van der Waals surface area contributed by atoms with Gasteiger partial charge in [-0.05, 0) is 48.9 Å². The van der Waals surface area contributed by atoms with Crippen LogP contribution in [0.4, 0.5) is 0 Å². The van der Waals surface area contributed by atoms with Crippen LogP contribution >= 0.6 is 22.6 Å². The van der Waals surface area contributed by atoms with E-state index in [0.717, 1.165) is 26.6 Å². The molecule has 0 spiro atoms. The number of hydrogen-bond donors (Lipinski definition) is 0. The number of cyclic esters (lactones) is 1. The Hall–Kier alpha value is -1.15. The maximum absolute atomic E-state index is 12.3. The van der Waals surface area contributed by atoms with Crippen LogP contribution in [0.3, 0.4) is 0 Å². The molecule has 2 rings (SSSR count). The van der Waals surface area contributed by atoms with Crippen molar-refractivity contribution in [2.45, 2.75) is 71.7 Å². The number of aldehydes is 1. The van der Waals surface area contributed by atoms with Crippen molar-refractivity contribution >= 4 is 48.3 Å². The Labute approximate surface area is 176 Å². The predicted octanol–water partition coefficient (Wildman–Crippen LogP) is 5.36. The highest BCUT2D eigenvalue weighted by atomic mass is 127. The molecule has 4 nitrogen and oxygen atoms in total. The van der Waals surface area contributed by atoms with E-state index in [2.05, 4.69) is 63.4 Å². The number of rotatable bonds is 6. The van der Waals surface area contributed by atoms with Crippen molar-refractivity contribution in [2.75, 3.05) is 0 Å². The summed E-state index contributed by atoms with van der Waals surface area (Å²) in [5.41, 5.74) is 3.43. The summed E-state index contributed by atoms with van der Waals surface area (Å²) in [6, 6.07) is 0. The molecular weight excluding hydrogens is 471 g/mol. The Morgan fingerprint density at radius 3 is 2.52 bits per heavy atom. The maximum atomic E-state index is 12.3. The van der Waals surface area contributed by atoms with E-state index in [1.165, 1.54) is 0 Å². The molecular formula is C21H29IO4Si. The van der Waals surface area contributed by atoms with Crippen LogP contribution in [0.2, 0.25) is 18.1 Å². The van der Waals surface area contributed by atoms with Crippen molar-refractivity contribution in [3.63, 3.8) is 0 Å². The van der Waals surface area contributed by atoms with E-state index in [1.54, 1.807) is 6.92 Å². The van der Waals surface area contributed by atoms with E-state index in [-0.39, 0.29) is 11.0 Å². The summed E-state index contributed by atoms with van der Waals surface area (Å²) in [6.45, 7) is 15.3. The topological polar surface area (TPSA) is 56.5 Å². The first kappa shape index (κ1) is 22.1. The smallest absolute Gasteiger partial charge is 0.334 e. The Kier molecular flexibility index (Phi) is 6.62. The Morgan fingerprint density at radius 2 is 1.96 bits per heavy atom. The predicted molar refractivity (Wildman–Crippen MR) is 119 cm³/mol. The first-order valence-corrected chi connectivity index (χ1v) is 13.3. The normalized spacial score (nSPS) is 18.5. The third-order valence-electron chi connectivity index (χ3n) is 5.79. The fourth-order valence-corrected chi connectivity index (χ4v) is 6.31. The minimum Gasteiger partial charge on any atom is -0.460 e. The van der Waals surface area contributed by atoms with Crippen LogP contribution in [0.1, 0.15) is 57.8 Å². The number of carbonyl (C=O) groups is 2. The average Bonchev–Trinajstić information content (AvgIpc) is 3.06. The summed E-state index contributed by atoms with van der Waals surface area (Å²) in [5.74, 6) is -0.276. The number of hydrogen-bond acceptors (Lipinski definition) is 4. The van der Waals surface area contributed by atoms with Gasteiger partial charge in [-0.25, -0.2) is 4.79 Å². The second-order valence-corrected chi connectivity index (χ2v) is 14.9. The summed E-state index contributed by atoms with van der Waals surface area (Å²) in [7, 11) is -1.83. The summed E-state index contributed by atoms with van der Waals surface area (Å²) in [4.78, 5) is 23.0. The van der Waals surface area contributed by atoms with E-state index < -0.39 is 14.2 Å². The van der Waals surface area contributed by atoms with Gasteiger partial charge in [0.1, 0.15) is 14.4 Å². The van der Waals surface area contributed by atoms with Crippen LogP contribution < -0.4 is 5.38 Å². The van der Waals surface area contributed by atoms with Crippen molar-refractivity contribution < 1.29 is 18.7 Å². The van der Waals surface area contributed by atoms with Gasteiger partial charge in [0.2, 0.25) is 0 Å². The zero-order valence-electron chi connectivity index (χ0n) is 17.2. The standard InChI is InChI=1S/C21H29IO4Si/c1-13(12-23)9-8-10-15-11-16(25-19(15)24)17-14(2)20(26-18(17)22)27(6,7)21(3,4)5/h9,11-12,16H,8,10H2,1-7H3/b13-9+. The van der Waals surface area contributed by atoms with Gasteiger partial charge in [0.25, 0.3) is 0 Å². The average molecular weight is 500 g/mol. The van der Waals surface area contributed by atoms with Gasteiger partial charge in [-0.2, -0.15) is 0 Å². The van der Waals surface area contributed by atoms with Crippen LogP contribution in [0.25, 0.3) is 0 Å². The lowest BCUT2D eigenvalue weighted by molar-refractivity contribution is -0.140. The van der Waals surface area contributed by atoms with Crippen molar-refractivity contribution in [1.82, 2.24) is 0 Å². The molecule has 0 aromatic carbocycles. The van der Waals surface area contributed by atoms with Gasteiger partial charge < -0.3 is 9.15 Å². The molecule has 1 atom stereocenters. The van der Waals surface area contributed by atoms with Crippen LogP contribution in [-0.2, 0) is 14.3 Å². The quantitative estimate of drug-likeness (QED) is 0.174. The van der Waals surface area contributed by atoms with Gasteiger partial charge in [-0.15, -0.1) is 0 Å². The molecule has 6 heteroatoms. The van der Waals surface area contributed by atoms with E-state index in [1.807, 2.05) is 12.2 Å². The first-order valence-electron chi connectivity index (χ1n) is 9.23. The lowest BCUT2D eigenvalue weighted by atomic mass is 10.1. The van der Waals surface area contributed by atoms with Gasteiger partial charge >= 0.3 is 5.97 Å². The molecule has 1 aliphatic rings. The maximum Gasteiger partial charge on any atom is 0.334 e. The molecule has 0 saturated carbocycles. The zero-order valence-corrected chi connectivity index (χ0v) is 20.4. The minimum absolute atomic E-state index is 0.159. The fourth-order valence-electron chi connectivity index (χ4n) is 3.06. The summed E-state index contributed by atoms with van der Waals surface area (Å²) in [5, 5.41) is 1.24. The van der Waals surface area contributed by atoms with Crippen LogP contribution in [0.5, 0.6) is 0 Å². The molecule has 0 N–H and O–H groups in total. The minimum atomic E-state index is -1.83. The van der Waals surface area contributed by atoms with Crippen LogP contribution in [0, 0.1) is 10.7 Å². The summed E-state index contributed by atoms with van der Waals surface area (Å²) < 4.78 is 12.7. The lowest BCUT2D eigenvalue weighted by Gasteiger charge is -2.35. The van der Waals surface area contributed by atoms with Crippen molar-refractivity contribution in [1.29, 1.82) is 0 Å². The molecule has 0 amide bonds. The van der Waals surface area contributed by atoms with Crippen LogP contribution in [0.15, 0.2) is 27.7 Å². The second-order valence-electron chi connectivity index (χ2n) is 8.74. The molecule has 0 radical (unpaired) electrons. The third-order valence-corrected chi connectivity index (χ3v) is 12.0. The van der Waals surface area contributed by atoms with E-state index in [9.17, 15) is 9.59 Å².